The molecule has 0 aliphatic heterocycles. The summed E-state index contributed by atoms with van der Waals surface area (Å²) in [5.74, 6) is 0.183. The SMILES string of the molecule is CC1=C2[C@@H](O)C(C)(C)[C@H]3C[C@@]23C(=O)[C@](C)(O)C12CC2. The molecule has 0 aromatic rings. The third-order valence-corrected chi connectivity index (χ3v) is 6.97. The first-order valence-corrected chi connectivity index (χ1v) is 7.31. The number of aliphatic hydroxyl groups excluding tert-OH is 1. The predicted molar refractivity (Wildman–Crippen MR) is 70.3 cm³/mol. The van der Waals surface area contributed by atoms with Crippen LogP contribution in [0.2, 0.25) is 0 Å². The molecule has 3 nitrogen and oxygen atoms in total. The second-order valence-corrected chi connectivity index (χ2v) is 7.97. The van der Waals surface area contributed by atoms with Crippen LogP contribution < -0.4 is 0 Å². The minimum Gasteiger partial charge on any atom is -0.388 e. The van der Waals surface area contributed by atoms with E-state index in [1.54, 1.807) is 6.92 Å². The van der Waals surface area contributed by atoms with Crippen LogP contribution in [0, 0.1) is 22.2 Å². The Morgan fingerprint density at radius 3 is 2.32 bits per heavy atom. The molecule has 104 valence electrons. The quantitative estimate of drug-likeness (QED) is 0.655. The van der Waals surface area contributed by atoms with Crippen LogP contribution >= 0.6 is 0 Å². The molecular weight excluding hydrogens is 240 g/mol. The van der Waals surface area contributed by atoms with Crippen LogP contribution in [-0.2, 0) is 4.79 Å². The zero-order valence-electron chi connectivity index (χ0n) is 12.1. The molecule has 0 bridgehead atoms. The maximum atomic E-state index is 12.9. The first-order chi connectivity index (χ1) is 8.64. The summed E-state index contributed by atoms with van der Waals surface area (Å²) in [4.78, 5) is 12.9. The van der Waals surface area contributed by atoms with Crippen LogP contribution in [0.25, 0.3) is 0 Å². The van der Waals surface area contributed by atoms with Crippen LogP contribution in [0.5, 0.6) is 0 Å². The lowest BCUT2D eigenvalue weighted by atomic mass is 9.63. The Labute approximate surface area is 113 Å². The lowest BCUT2D eigenvalue weighted by Crippen LogP contribution is -2.54. The summed E-state index contributed by atoms with van der Waals surface area (Å²) >= 11 is 0. The Morgan fingerprint density at radius 2 is 1.79 bits per heavy atom. The summed E-state index contributed by atoms with van der Waals surface area (Å²) in [6, 6.07) is 0. The molecule has 0 aromatic carbocycles. The average Bonchev–Trinajstić information content (AvgIpc) is 3.18. The summed E-state index contributed by atoms with van der Waals surface area (Å²) < 4.78 is 0. The summed E-state index contributed by atoms with van der Waals surface area (Å²) in [5.41, 5.74) is -0.323. The molecule has 0 unspecified atom stereocenters. The van der Waals surface area contributed by atoms with Gasteiger partial charge >= 0.3 is 0 Å². The van der Waals surface area contributed by atoms with E-state index in [0.717, 1.165) is 30.4 Å². The molecular formula is C16H22O3. The van der Waals surface area contributed by atoms with Crippen molar-refractivity contribution in [3.05, 3.63) is 11.1 Å². The lowest BCUT2D eigenvalue weighted by molar-refractivity contribution is -0.148. The normalized spacial score (nSPS) is 52.2. The first kappa shape index (κ1) is 12.1. The van der Waals surface area contributed by atoms with E-state index in [9.17, 15) is 15.0 Å². The van der Waals surface area contributed by atoms with E-state index in [1.165, 1.54) is 0 Å². The molecule has 4 rings (SSSR count). The average molecular weight is 262 g/mol. The Balaban J connectivity index is 2.01. The predicted octanol–water partition coefficient (Wildman–Crippen LogP) is 1.82. The van der Waals surface area contributed by atoms with E-state index >= 15 is 0 Å². The van der Waals surface area contributed by atoms with E-state index in [4.69, 9.17) is 0 Å². The lowest BCUT2D eigenvalue weighted by Gasteiger charge is -2.43. The Kier molecular flexibility index (Phi) is 1.72. The van der Waals surface area contributed by atoms with E-state index in [-0.39, 0.29) is 22.5 Å². The van der Waals surface area contributed by atoms with Gasteiger partial charge < -0.3 is 10.2 Å². The van der Waals surface area contributed by atoms with Gasteiger partial charge in [0.25, 0.3) is 0 Å². The maximum Gasteiger partial charge on any atom is 0.175 e. The number of carbonyl (C=O) groups is 1. The van der Waals surface area contributed by atoms with Crippen LogP contribution in [0.3, 0.4) is 0 Å². The molecule has 0 heterocycles. The number of aliphatic hydroxyl groups is 2. The van der Waals surface area contributed by atoms with Crippen molar-refractivity contribution in [1.29, 1.82) is 0 Å². The van der Waals surface area contributed by atoms with Crippen molar-refractivity contribution < 1.29 is 15.0 Å². The number of rotatable bonds is 0. The number of carbonyl (C=O) groups excluding carboxylic acids is 1. The van der Waals surface area contributed by atoms with Gasteiger partial charge in [-0.05, 0) is 50.0 Å². The van der Waals surface area contributed by atoms with Crippen molar-refractivity contribution in [1.82, 2.24) is 0 Å². The van der Waals surface area contributed by atoms with Crippen LogP contribution in [0.15, 0.2) is 11.1 Å². The monoisotopic (exact) mass is 262 g/mol. The molecule has 3 fully saturated rings. The molecule has 4 aliphatic carbocycles. The summed E-state index contributed by atoms with van der Waals surface area (Å²) in [7, 11) is 0. The second kappa shape index (κ2) is 2.71. The fraction of sp³-hybridized carbons (Fsp3) is 0.812. The van der Waals surface area contributed by atoms with Crippen LogP contribution in [0.4, 0.5) is 0 Å². The fourth-order valence-corrected chi connectivity index (χ4v) is 5.44. The van der Waals surface area contributed by atoms with Gasteiger partial charge in [0.05, 0.1) is 11.5 Å². The topological polar surface area (TPSA) is 57.5 Å². The smallest absolute Gasteiger partial charge is 0.175 e. The van der Waals surface area contributed by atoms with Crippen molar-refractivity contribution in [2.45, 2.75) is 58.7 Å². The van der Waals surface area contributed by atoms with Crippen molar-refractivity contribution in [3.63, 3.8) is 0 Å². The van der Waals surface area contributed by atoms with Crippen molar-refractivity contribution in [2.75, 3.05) is 0 Å². The molecule has 0 amide bonds. The maximum absolute atomic E-state index is 12.9. The third-order valence-electron chi connectivity index (χ3n) is 6.97. The van der Waals surface area contributed by atoms with E-state index in [0.29, 0.717) is 0 Å². The van der Waals surface area contributed by atoms with Gasteiger partial charge in [0.15, 0.2) is 5.78 Å². The largest absolute Gasteiger partial charge is 0.388 e. The Morgan fingerprint density at radius 1 is 1.21 bits per heavy atom. The summed E-state index contributed by atoms with van der Waals surface area (Å²) in [5, 5.41) is 21.5. The number of ketones is 1. The van der Waals surface area contributed by atoms with Crippen LogP contribution in [-0.4, -0.2) is 27.7 Å². The van der Waals surface area contributed by atoms with Crippen molar-refractivity contribution >= 4 is 5.78 Å². The molecule has 2 spiro atoms. The first-order valence-electron chi connectivity index (χ1n) is 7.31. The molecule has 4 aliphatic rings. The molecule has 2 N–H and O–H groups in total. The van der Waals surface area contributed by atoms with Gasteiger partial charge in [0, 0.05) is 5.41 Å². The van der Waals surface area contributed by atoms with E-state index < -0.39 is 17.1 Å². The van der Waals surface area contributed by atoms with Gasteiger partial charge in [-0.2, -0.15) is 0 Å². The minimum atomic E-state index is -1.24. The highest BCUT2D eigenvalue weighted by molar-refractivity contribution is 6.02. The molecule has 3 heteroatoms. The highest BCUT2D eigenvalue weighted by Crippen LogP contribution is 2.80. The van der Waals surface area contributed by atoms with Crippen molar-refractivity contribution in [2.24, 2.45) is 22.2 Å². The van der Waals surface area contributed by atoms with Crippen LogP contribution in [0.1, 0.15) is 47.0 Å². The number of hydrogen-bond donors (Lipinski definition) is 2. The van der Waals surface area contributed by atoms with Gasteiger partial charge in [-0.25, -0.2) is 0 Å². The molecule has 0 saturated heterocycles. The third kappa shape index (κ3) is 0.926. The second-order valence-electron chi connectivity index (χ2n) is 7.97. The van der Waals surface area contributed by atoms with Gasteiger partial charge in [-0.3, -0.25) is 4.79 Å². The highest BCUT2D eigenvalue weighted by atomic mass is 16.3. The standard InChI is InChI=1S/C16H22O3/c1-8-10-11(17)13(2,3)9-7-16(9,10)12(18)14(4,19)15(8)5-6-15/h9,11,17,19H,5-7H2,1-4H3/t9-,11-,14+,16+/m1/s1. The molecule has 0 radical (unpaired) electrons. The van der Waals surface area contributed by atoms with Gasteiger partial charge in [-0.15, -0.1) is 0 Å². The van der Waals surface area contributed by atoms with E-state index in [1.807, 2.05) is 6.92 Å². The van der Waals surface area contributed by atoms with Gasteiger partial charge in [0.1, 0.15) is 5.60 Å². The summed E-state index contributed by atoms with van der Waals surface area (Å²) in [6.45, 7) is 7.84. The summed E-state index contributed by atoms with van der Waals surface area (Å²) in [6.07, 6.45) is 2.03. The Hall–Kier alpha value is -0.670. The number of Topliss-reactive ketones (excluding diaryl/α,β-unsaturated/α-hetero) is 1. The molecule has 19 heavy (non-hydrogen) atoms. The van der Waals surface area contributed by atoms with Gasteiger partial charge in [-0.1, -0.05) is 19.4 Å². The van der Waals surface area contributed by atoms with Gasteiger partial charge in [0.2, 0.25) is 0 Å². The minimum absolute atomic E-state index is 0.0206. The molecule has 0 aromatic heterocycles. The van der Waals surface area contributed by atoms with E-state index in [2.05, 4.69) is 13.8 Å². The fourth-order valence-electron chi connectivity index (χ4n) is 5.44. The Bertz CT molecular complexity index is 550. The van der Waals surface area contributed by atoms with Crippen molar-refractivity contribution in [3.8, 4) is 0 Å². The highest BCUT2D eigenvalue weighted by Gasteiger charge is 2.82. The number of hydrogen-bond acceptors (Lipinski definition) is 3. The molecule has 4 atom stereocenters. The molecule has 3 saturated carbocycles. The zero-order valence-corrected chi connectivity index (χ0v) is 12.1. The zero-order chi connectivity index (χ0) is 14.0.